The minimum atomic E-state index is -0.233. The van der Waals surface area contributed by atoms with E-state index in [2.05, 4.69) is 224 Å². The molecule has 262 valence electrons. The lowest BCUT2D eigenvalue weighted by molar-refractivity contribution is 0.738. The zero-order valence-corrected chi connectivity index (χ0v) is 30.9. The standard InChI is InChI=1S/C52H39N3/c1-52(2)47-35-50-46(34-48(47)53-51(52)40-18-10-5-11-19-40)45-20-12-13-21-49(45)55(50)44-32-30-43(31-33-44)54(41-26-22-38(23-27-41)36-14-6-3-7-15-36)42-28-24-39(25-29-42)37-16-8-4-9-17-37/h3-35H,1-2H3. The molecular weight excluding hydrogens is 667 g/mol. The quantitative estimate of drug-likeness (QED) is 0.162. The molecule has 0 unspecified atom stereocenters. The van der Waals surface area contributed by atoms with Crippen molar-refractivity contribution in [3.63, 3.8) is 0 Å². The van der Waals surface area contributed by atoms with Crippen LogP contribution in [0.3, 0.4) is 0 Å². The van der Waals surface area contributed by atoms with Crippen LogP contribution in [0.15, 0.2) is 205 Å². The van der Waals surface area contributed by atoms with Gasteiger partial charge >= 0.3 is 0 Å². The smallest absolute Gasteiger partial charge is 0.0682 e. The Morgan fingerprint density at radius 3 is 1.42 bits per heavy atom. The van der Waals surface area contributed by atoms with Gasteiger partial charge in [-0.15, -0.1) is 0 Å². The summed E-state index contributed by atoms with van der Waals surface area (Å²) in [7, 11) is 0. The number of hydrogen-bond donors (Lipinski definition) is 0. The number of aromatic nitrogens is 1. The number of benzene rings is 8. The van der Waals surface area contributed by atoms with E-state index >= 15 is 0 Å². The first-order chi connectivity index (χ1) is 27.0. The molecule has 3 heteroatoms. The molecule has 1 aliphatic rings. The van der Waals surface area contributed by atoms with Gasteiger partial charge in [-0.25, -0.2) is 0 Å². The molecule has 1 aliphatic heterocycles. The van der Waals surface area contributed by atoms with Gasteiger partial charge in [0.25, 0.3) is 0 Å². The van der Waals surface area contributed by atoms with Gasteiger partial charge in [-0.05, 0) is 100 Å². The summed E-state index contributed by atoms with van der Waals surface area (Å²) < 4.78 is 2.42. The third kappa shape index (κ3) is 5.64. The van der Waals surface area contributed by atoms with Crippen molar-refractivity contribution in [2.75, 3.05) is 4.90 Å². The molecule has 9 aromatic rings. The highest BCUT2D eigenvalue weighted by Gasteiger charge is 2.36. The largest absolute Gasteiger partial charge is 0.311 e. The second-order valence-electron chi connectivity index (χ2n) is 14.9. The SMILES string of the molecule is CC1(C)C(c2ccccc2)=Nc2cc3c4ccccc4n(-c4ccc(N(c5ccc(-c6ccccc6)cc5)c5ccc(-c6ccccc6)cc5)cc4)c3cc21. The molecule has 8 aromatic carbocycles. The number of hydrogen-bond acceptors (Lipinski definition) is 2. The first kappa shape index (κ1) is 32.7. The number of rotatable bonds is 7. The van der Waals surface area contributed by atoms with Crippen LogP contribution in [0.1, 0.15) is 25.0 Å². The van der Waals surface area contributed by atoms with Crippen molar-refractivity contribution >= 4 is 50.3 Å². The summed E-state index contributed by atoms with van der Waals surface area (Å²) in [5.41, 5.74) is 16.0. The van der Waals surface area contributed by atoms with Gasteiger partial charge in [0.2, 0.25) is 0 Å². The third-order valence-corrected chi connectivity index (χ3v) is 11.2. The molecule has 2 heterocycles. The summed E-state index contributed by atoms with van der Waals surface area (Å²) in [6.45, 7) is 4.59. The van der Waals surface area contributed by atoms with Crippen molar-refractivity contribution < 1.29 is 0 Å². The molecule has 10 rings (SSSR count). The van der Waals surface area contributed by atoms with E-state index in [0.717, 1.165) is 34.1 Å². The van der Waals surface area contributed by atoms with Crippen molar-refractivity contribution in [2.45, 2.75) is 19.3 Å². The average molecular weight is 706 g/mol. The molecule has 0 spiro atoms. The number of fused-ring (bicyclic) bond motifs is 4. The molecule has 3 nitrogen and oxygen atoms in total. The van der Waals surface area contributed by atoms with E-state index in [4.69, 9.17) is 4.99 Å². The highest BCUT2D eigenvalue weighted by atomic mass is 15.1. The van der Waals surface area contributed by atoms with Gasteiger partial charge in [0.1, 0.15) is 0 Å². The molecule has 0 radical (unpaired) electrons. The predicted molar refractivity (Wildman–Crippen MR) is 232 cm³/mol. The molecule has 0 aliphatic carbocycles. The molecule has 0 fully saturated rings. The van der Waals surface area contributed by atoms with E-state index < -0.39 is 0 Å². The lowest BCUT2D eigenvalue weighted by Gasteiger charge is -2.26. The maximum atomic E-state index is 5.25. The fourth-order valence-corrected chi connectivity index (χ4v) is 8.35. The Bertz CT molecular complexity index is 2750. The fourth-order valence-electron chi connectivity index (χ4n) is 8.35. The minimum absolute atomic E-state index is 0.233. The number of nitrogens with zero attached hydrogens (tertiary/aromatic N) is 3. The number of para-hydroxylation sites is 1. The summed E-state index contributed by atoms with van der Waals surface area (Å²) in [6, 6.07) is 71.9. The Hall–Kier alpha value is -6.97. The van der Waals surface area contributed by atoms with E-state index in [9.17, 15) is 0 Å². The molecule has 1 aromatic heterocycles. The van der Waals surface area contributed by atoms with Crippen LogP contribution in [-0.2, 0) is 5.41 Å². The van der Waals surface area contributed by atoms with Crippen molar-refractivity contribution in [1.82, 2.24) is 4.57 Å². The monoisotopic (exact) mass is 705 g/mol. The fraction of sp³-hybridized carbons (Fsp3) is 0.0577. The van der Waals surface area contributed by atoms with E-state index in [1.54, 1.807) is 0 Å². The Morgan fingerprint density at radius 1 is 0.418 bits per heavy atom. The van der Waals surface area contributed by atoms with Gasteiger partial charge < -0.3 is 9.47 Å². The number of aliphatic imine (C=N–C) groups is 1. The van der Waals surface area contributed by atoms with Crippen LogP contribution in [0.25, 0.3) is 49.7 Å². The van der Waals surface area contributed by atoms with Crippen LogP contribution in [-0.4, -0.2) is 10.3 Å². The summed E-state index contributed by atoms with van der Waals surface area (Å²) in [6.07, 6.45) is 0. The van der Waals surface area contributed by atoms with Gasteiger partial charge in [0, 0.05) is 38.9 Å². The molecule has 0 atom stereocenters. The summed E-state index contributed by atoms with van der Waals surface area (Å²) in [4.78, 5) is 7.59. The van der Waals surface area contributed by atoms with Gasteiger partial charge in [-0.2, -0.15) is 0 Å². The minimum Gasteiger partial charge on any atom is -0.311 e. The van der Waals surface area contributed by atoms with Gasteiger partial charge in [0.05, 0.1) is 22.4 Å². The first-order valence-electron chi connectivity index (χ1n) is 19.0. The maximum Gasteiger partial charge on any atom is 0.0682 e. The Labute approximate surface area is 322 Å². The lowest BCUT2D eigenvalue weighted by atomic mass is 9.79. The normalized spacial score (nSPS) is 13.2. The molecule has 0 bridgehead atoms. The van der Waals surface area contributed by atoms with Crippen LogP contribution in [0.5, 0.6) is 0 Å². The number of anilines is 3. The van der Waals surface area contributed by atoms with Crippen LogP contribution >= 0.6 is 0 Å². The summed E-state index contributed by atoms with van der Waals surface area (Å²) >= 11 is 0. The highest BCUT2D eigenvalue weighted by molar-refractivity contribution is 6.16. The average Bonchev–Trinajstić information content (AvgIpc) is 3.71. The van der Waals surface area contributed by atoms with E-state index in [-0.39, 0.29) is 5.41 Å². The van der Waals surface area contributed by atoms with Crippen LogP contribution in [0.2, 0.25) is 0 Å². The second kappa shape index (κ2) is 13.2. The molecule has 0 saturated heterocycles. The van der Waals surface area contributed by atoms with Crippen molar-refractivity contribution in [1.29, 1.82) is 0 Å². The van der Waals surface area contributed by atoms with Gasteiger partial charge in [-0.1, -0.05) is 147 Å². The van der Waals surface area contributed by atoms with E-state index in [1.165, 1.54) is 55.2 Å². The van der Waals surface area contributed by atoms with Crippen molar-refractivity contribution in [3.8, 4) is 27.9 Å². The van der Waals surface area contributed by atoms with E-state index in [1.807, 2.05) is 0 Å². The van der Waals surface area contributed by atoms with Crippen LogP contribution in [0, 0.1) is 0 Å². The molecule has 0 N–H and O–H groups in total. The molecule has 55 heavy (non-hydrogen) atoms. The zero-order chi connectivity index (χ0) is 36.9. The summed E-state index contributed by atoms with van der Waals surface area (Å²) in [5, 5.41) is 2.44. The van der Waals surface area contributed by atoms with E-state index in [0.29, 0.717) is 0 Å². The van der Waals surface area contributed by atoms with Crippen LogP contribution in [0.4, 0.5) is 22.7 Å². The Morgan fingerprint density at radius 2 is 0.873 bits per heavy atom. The highest BCUT2D eigenvalue weighted by Crippen LogP contribution is 2.46. The first-order valence-corrected chi connectivity index (χ1v) is 19.0. The van der Waals surface area contributed by atoms with Crippen LogP contribution < -0.4 is 4.90 Å². The topological polar surface area (TPSA) is 20.5 Å². The summed E-state index contributed by atoms with van der Waals surface area (Å²) in [5.74, 6) is 0. The predicted octanol–water partition coefficient (Wildman–Crippen LogP) is 14.0. The van der Waals surface area contributed by atoms with Crippen molar-refractivity contribution in [2.24, 2.45) is 4.99 Å². The third-order valence-electron chi connectivity index (χ3n) is 11.2. The van der Waals surface area contributed by atoms with Gasteiger partial charge in [0.15, 0.2) is 0 Å². The maximum absolute atomic E-state index is 5.25. The zero-order valence-electron chi connectivity index (χ0n) is 30.9. The molecule has 0 saturated carbocycles. The molecule has 0 amide bonds. The van der Waals surface area contributed by atoms with Gasteiger partial charge in [-0.3, -0.25) is 4.99 Å². The van der Waals surface area contributed by atoms with Crippen molar-refractivity contribution in [3.05, 3.63) is 211 Å². The Balaban J connectivity index is 1.07. The molecular formula is C52H39N3. The second-order valence-corrected chi connectivity index (χ2v) is 14.9. The lowest BCUT2D eigenvalue weighted by Crippen LogP contribution is -2.26. The Kier molecular flexibility index (Phi) is 7.81.